The molecule has 1 N–H and O–H groups in total. The Bertz CT molecular complexity index is 626. The van der Waals surface area contributed by atoms with Crippen molar-refractivity contribution in [3.05, 3.63) is 24.3 Å². The van der Waals surface area contributed by atoms with Gasteiger partial charge in [-0.2, -0.15) is 0 Å². The van der Waals surface area contributed by atoms with Gasteiger partial charge in [-0.05, 0) is 86.7 Å². The van der Waals surface area contributed by atoms with E-state index in [0.717, 1.165) is 43.0 Å². The molecule has 3 heteroatoms. The highest BCUT2D eigenvalue weighted by molar-refractivity contribution is 5.94. The molecule has 4 bridgehead atoms. The summed E-state index contributed by atoms with van der Waals surface area (Å²) in [4.78, 5) is 15.4. The van der Waals surface area contributed by atoms with Gasteiger partial charge in [-0.25, -0.2) is 0 Å². The quantitative estimate of drug-likeness (QED) is 0.852. The molecule has 1 aromatic rings. The van der Waals surface area contributed by atoms with Crippen molar-refractivity contribution in [2.75, 3.05) is 23.3 Å². The number of anilines is 2. The van der Waals surface area contributed by atoms with E-state index in [9.17, 15) is 4.79 Å². The lowest BCUT2D eigenvalue weighted by Crippen LogP contribution is -2.47. The Morgan fingerprint density at radius 3 is 2.24 bits per heavy atom. The summed E-state index contributed by atoms with van der Waals surface area (Å²) in [6, 6.07) is 8.36. The largest absolute Gasteiger partial charge is 0.370 e. The molecule has 4 saturated carbocycles. The zero-order valence-electron chi connectivity index (χ0n) is 15.2. The second-order valence-electron chi connectivity index (χ2n) is 9.35. The average Bonchev–Trinajstić information content (AvgIpc) is 3.07. The van der Waals surface area contributed by atoms with Gasteiger partial charge in [-0.1, -0.05) is 12.1 Å². The third kappa shape index (κ3) is 2.96. The molecule has 0 radical (unpaired) electrons. The Morgan fingerprint density at radius 2 is 1.60 bits per heavy atom. The van der Waals surface area contributed by atoms with Crippen molar-refractivity contribution in [1.29, 1.82) is 0 Å². The standard InChI is InChI=1S/C22H30N2O/c25-21(15-22-12-16-9-17(13-22)11-18(10-16)14-22)23-19-5-1-2-6-20(19)24-7-3-4-8-24/h1-2,5-6,16-18H,3-4,7-15H2,(H,23,25). The number of nitrogens with zero attached hydrogens (tertiary/aromatic N) is 1. The van der Waals surface area contributed by atoms with Crippen LogP contribution in [0.4, 0.5) is 11.4 Å². The molecule has 0 atom stereocenters. The molecule has 134 valence electrons. The Balaban J connectivity index is 1.30. The van der Waals surface area contributed by atoms with Crippen LogP contribution in [-0.4, -0.2) is 19.0 Å². The number of amides is 1. The zero-order valence-corrected chi connectivity index (χ0v) is 15.2. The van der Waals surface area contributed by atoms with Crippen molar-refractivity contribution in [3.8, 4) is 0 Å². The summed E-state index contributed by atoms with van der Waals surface area (Å²) < 4.78 is 0. The first kappa shape index (κ1) is 15.7. The van der Waals surface area contributed by atoms with Gasteiger partial charge in [0, 0.05) is 19.5 Å². The molecule has 25 heavy (non-hydrogen) atoms. The molecule has 6 rings (SSSR count). The molecule has 0 aromatic heterocycles. The minimum absolute atomic E-state index is 0.244. The summed E-state index contributed by atoms with van der Waals surface area (Å²) in [7, 11) is 0. The molecule has 1 aromatic carbocycles. The van der Waals surface area contributed by atoms with Crippen LogP contribution in [0, 0.1) is 23.2 Å². The highest BCUT2D eigenvalue weighted by Crippen LogP contribution is 2.61. The van der Waals surface area contributed by atoms with Gasteiger partial charge in [0.05, 0.1) is 11.4 Å². The monoisotopic (exact) mass is 338 g/mol. The molecule has 5 fully saturated rings. The summed E-state index contributed by atoms with van der Waals surface area (Å²) in [5.74, 6) is 2.98. The maximum Gasteiger partial charge on any atom is 0.224 e. The number of benzene rings is 1. The highest BCUT2D eigenvalue weighted by Gasteiger charge is 2.51. The number of rotatable bonds is 4. The third-order valence-corrected chi connectivity index (χ3v) is 7.33. The lowest BCUT2D eigenvalue weighted by molar-refractivity contribution is -0.124. The number of hydrogen-bond acceptors (Lipinski definition) is 2. The fraction of sp³-hybridized carbons (Fsp3) is 0.682. The van der Waals surface area contributed by atoms with Gasteiger partial charge >= 0.3 is 0 Å². The highest BCUT2D eigenvalue weighted by atomic mass is 16.1. The van der Waals surface area contributed by atoms with Crippen LogP contribution in [0.5, 0.6) is 0 Å². The van der Waals surface area contributed by atoms with Crippen LogP contribution in [0.1, 0.15) is 57.8 Å². The van der Waals surface area contributed by atoms with E-state index >= 15 is 0 Å². The zero-order chi connectivity index (χ0) is 16.9. The van der Waals surface area contributed by atoms with Gasteiger partial charge in [0.25, 0.3) is 0 Å². The van der Waals surface area contributed by atoms with Crippen molar-refractivity contribution >= 4 is 17.3 Å². The maximum absolute atomic E-state index is 12.9. The lowest BCUT2D eigenvalue weighted by Gasteiger charge is -2.56. The van der Waals surface area contributed by atoms with Crippen molar-refractivity contribution in [1.82, 2.24) is 0 Å². The molecular weight excluding hydrogens is 308 g/mol. The lowest BCUT2D eigenvalue weighted by atomic mass is 9.49. The van der Waals surface area contributed by atoms with E-state index in [4.69, 9.17) is 0 Å². The Kier molecular flexibility index (Phi) is 3.79. The molecular formula is C22H30N2O. The van der Waals surface area contributed by atoms with Crippen LogP contribution in [0.25, 0.3) is 0 Å². The predicted molar refractivity (Wildman–Crippen MR) is 102 cm³/mol. The Morgan fingerprint density at radius 1 is 1.00 bits per heavy atom. The summed E-state index contributed by atoms with van der Waals surface area (Å²) in [5, 5.41) is 3.28. The van der Waals surface area contributed by atoms with E-state index < -0.39 is 0 Å². The van der Waals surface area contributed by atoms with Gasteiger partial charge in [0.15, 0.2) is 0 Å². The number of hydrogen-bond donors (Lipinski definition) is 1. The van der Waals surface area contributed by atoms with Crippen molar-refractivity contribution in [2.24, 2.45) is 23.2 Å². The van der Waals surface area contributed by atoms with E-state index in [-0.39, 0.29) is 5.91 Å². The predicted octanol–water partition coefficient (Wildman–Crippen LogP) is 4.83. The second-order valence-corrected chi connectivity index (χ2v) is 9.35. The van der Waals surface area contributed by atoms with Crippen LogP contribution >= 0.6 is 0 Å². The number of carbonyl (C=O) groups excluding carboxylic acids is 1. The second kappa shape index (κ2) is 6.03. The molecule has 0 spiro atoms. The first-order chi connectivity index (χ1) is 12.2. The van der Waals surface area contributed by atoms with Crippen molar-refractivity contribution in [2.45, 2.75) is 57.8 Å². The van der Waals surface area contributed by atoms with Crippen LogP contribution in [0.15, 0.2) is 24.3 Å². The fourth-order valence-electron chi connectivity index (χ4n) is 6.85. The van der Waals surface area contributed by atoms with E-state index in [1.807, 2.05) is 6.07 Å². The first-order valence-corrected chi connectivity index (χ1v) is 10.3. The fourth-order valence-corrected chi connectivity index (χ4v) is 6.85. The van der Waals surface area contributed by atoms with Gasteiger partial charge in [-0.15, -0.1) is 0 Å². The number of carbonyl (C=O) groups is 1. The van der Waals surface area contributed by atoms with Crippen LogP contribution < -0.4 is 10.2 Å². The van der Waals surface area contributed by atoms with E-state index in [1.165, 1.54) is 57.1 Å². The molecule has 1 saturated heterocycles. The van der Waals surface area contributed by atoms with Gasteiger partial charge in [0.1, 0.15) is 0 Å². The van der Waals surface area contributed by atoms with Gasteiger partial charge in [-0.3, -0.25) is 4.79 Å². The van der Waals surface area contributed by atoms with E-state index in [2.05, 4.69) is 28.4 Å². The molecule has 0 unspecified atom stereocenters. The smallest absolute Gasteiger partial charge is 0.224 e. The minimum atomic E-state index is 0.244. The van der Waals surface area contributed by atoms with E-state index in [1.54, 1.807) is 0 Å². The summed E-state index contributed by atoms with van der Waals surface area (Å²) in [5.41, 5.74) is 2.54. The molecule has 5 aliphatic rings. The summed E-state index contributed by atoms with van der Waals surface area (Å²) in [6.45, 7) is 2.23. The van der Waals surface area contributed by atoms with Crippen LogP contribution in [0.2, 0.25) is 0 Å². The first-order valence-electron chi connectivity index (χ1n) is 10.3. The topological polar surface area (TPSA) is 32.3 Å². The minimum Gasteiger partial charge on any atom is -0.370 e. The number of para-hydroxylation sites is 2. The molecule has 1 heterocycles. The maximum atomic E-state index is 12.9. The van der Waals surface area contributed by atoms with Gasteiger partial charge in [0.2, 0.25) is 5.91 Å². The SMILES string of the molecule is O=C(CC12CC3CC(CC(C3)C1)C2)Nc1ccccc1N1CCCC1. The molecule has 3 nitrogen and oxygen atoms in total. The summed E-state index contributed by atoms with van der Waals surface area (Å²) in [6.07, 6.45) is 11.5. The third-order valence-electron chi connectivity index (χ3n) is 7.33. The van der Waals surface area contributed by atoms with Gasteiger partial charge < -0.3 is 10.2 Å². The Hall–Kier alpha value is -1.51. The van der Waals surface area contributed by atoms with Crippen molar-refractivity contribution in [3.63, 3.8) is 0 Å². The van der Waals surface area contributed by atoms with Crippen molar-refractivity contribution < 1.29 is 4.79 Å². The Labute approximate surface area is 151 Å². The molecule has 1 amide bonds. The number of nitrogens with one attached hydrogen (secondary N) is 1. The molecule has 4 aliphatic carbocycles. The average molecular weight is 338 g/mol. The van der Waals surface area contributed by atoms with Crippen LogP contribution in [0.3, 0.4) is 0 Å². The summed E-state index contributed by atoms with van der Waals surface area (Å²) >= 11 is 0. The van der Waals surface area contributed by atoms with Crippen LogP contribution in [-0.2, 0) is 4.79 Å². The van der Waals surface area contributed by atoms with E-state index in [0.29, 0.717) is 5.41 Å². The normalized spacial score (nSPS) is 36.0. The molecule has 1 aliphatic heterocycles.